The van der Waals surface area contributed by atoms with Gasteiger partial charge in [0, 0.05) is 11.8 Å². The molecule has 17 heavy (non-hydrogen) atoms. The second-order valence-corrected chi connectivity index (χ2v) is 5.51. The van der Waals surface area contributed by atoms with Crippen LogP contribution in [0.25, 0.3) is 11.5 Å². The highest BCUT2D eigenvalue weighted by molar-refractivity contribution is 7.90. The second-order valence-electron chi connectivity index (χ2n) is 3.49. The lowest BCUT2D eigenvalue weighted by molar-refractivity contribution is 0.111. The van der Waals surface area contributed by atoms with Crippen molar-refractivity contribution < 1.29 is 17.6 Å². The molecule has 0 radical (unpaired) electrons. The van der Waals surface area contributed by atoms with Crippen molar-refractivity contribution >= 4 is 16.1 Å². The maximum atomic E-state index is 11.2. The van der Waals surface area contributed by atoms with Crippen LogP contribution >= 0.6 is 0 Å². The SMILES string of the molecule is CS(=O)(=O)c1ccc(-c2nc(C=O)co2)cc1. The summed E-state index contributed by atoms with van der Waals surface area (Å²) in [6.07, 6.45) is 2.96. The zero-order valence-electron chi connectivity index (χ0n) is 8.95. The van der Waals surface area contributed by atoms with Crippen LogP contribution in [0.5, 0.6) is 0 Å². The van der Waals surface area contributed by atoms with Crippen molar-refractivity contribution in [1.29, 1.82) is 0 Å². The molecule has 0 amide bonds. The van der Waals surface area contributed by atoms with Gasteiger partial charge in [0.15, 0.2) is 16.1 Å². The Morgan fingerprint density at radius 2 is 1.88 bits per heavy atom. The minimum absolute atomic E-state index is 0.201. The smallest absolute Gasteiger partial charge is 0.226 e. The van der Waals surface area contributed by atoms with E-state index in [0.717, 1.165) is 6.26 Å². The largest absolute Gasteiger partial charge is 0.444 e. The molecule has 5 nitrogen and oxygen atoms in total. The van der Waals surface area contributed by atoms with Crippen molar-refractivity contribution in [1.82, 2.24) is 4.98 Å². The van der Waals surface area contributed by atoms with Crippen LogP contribution in [0.1, 0.15) is 10.5 Å². The summed E-state index contributed by atoms with van der Waals surface area (Å²) in [7, 11) is -3.21. The molecule has 0 unspecified atom stereocenters. The number of sulfone groups is 1. The van der Waals surface area contributed by atoms with Crippen molar-refractivity contribution in [3.05, 3.63) is 36.2 Å². The van der Waals surface area contributed by atoms with E-state index in [2.05, 4.69) is 4.98 Å². The minimum Gasteiger partial charge on any atom is -0.444 e. The Morgan fingerprint density at radius 3 is 2.35 bits per heavy atom. The Bertz CT molecular complexity index is 640. The topological polar surface area (TPSA) is 77.2 Å². The first-order valence-corrected chi connectivity index (χ1v) is 6.61. The first kappa shape index (κ1) is 11.5. The van der Waals surface area contributed by atoms with Crippen LogP contribution < -0.4 is 0 Å². The third-order valence-corrected chi connectivity index (χ3v) is 3.30. The van der Waals surface area contributed by atoms with E-state index in [4.69, 9.17) is 4.42 Å². The average Bonchev–Trinajstić information content (AvgIpc) is 2.76. The third-order valence-electron chi connectivity index (χ3n) is 2.17. The van der Waals surface area contributed by atoms with Gasteiger partial charge in [-0.1, -0.05) is 0 Å². The van der Waals surface area contributed by atoms with E-state index < -0.39 is 9.84 Å². The van der Waals surface area contributed by atoms with Crippen molar-refractivity contribution in [2.45, 2.75) is 4.90 Å². The molecule has 0 spiro atoms. The fourth-order valence-corrected chi connectivity index (χ4v) is 1.95. The molecule has 0 saturated heterocycles. The van der Waals surface area contributed by atoms with Gasteiger partial charge >= 0.3 is 0 Å². The molecule has 0 atom stereocenters. The van der Waals surface area contributed by atoms with Crippen molar-refractivity contribution in [3.63, 3.8) is 0 Å². The molecular weight excluding hydrogens is 242 g/mol. The van der Waals surface area contributed by atoms with E-state index in [9.17, 15) is 13.2 Å². The molecule has 0 N–H and O–H groups in total. The van der Waals surface area contributed by atoms with Gasteiger partial charge in [-0.3, -0.25) is 4.79 Å². The highest BCUT2D eigenvalue weighted by atomic mass is 32.2. The summed E-state index contributed by atoms with van der Waals surface area (Å²) < 4.78 is 27.6. The molecule has 0 fully saturated rings. The first-order valence-electron chi connectivity index (χ1n) is 4.72. The van der Waals surface area contributed by atoms with E-state index in [1.165, 1.54) is 18.4 Å². The van der Waals surface area contributed by atoms with Crippen LogP contribution in [0, 0.1) is 0 Å². The van der Waals surface area contributed by atoms with Crippen molar-refractivity contribution in [3.8, 4) is 11.5 Å². The maximum Gasteiger partial charge on any atom is 0.226 e. The summed E-state index contributed by atoms with van der Waals surface area (Å²) in [4.78, 5) is 14.6. The Morgan fingerprint density at radius 1 is 1.24 bits per heavy atom. The van der Waals surface area contributed by atoms with Gasteiger partial charge in [0.25, 0.3) is 0 Å². The highest BCUT2D eigenvalue weighted by Crippen LogP contribution is 2.20. The zero-order valence-corrected chi connectivity index (χ0v) is 9.77. The minimum atomic E-state index is -3.21. The molecule has 0 saturated carbocycles. The summed E-state index contributed by atoms with van der Waals surface area (Å²) in [5.41, 5.74) is 0.817. The Balaban J connectivity index is 2.38. The van der Waals surface area contributed by atoms with Gasteiger partial charge in [-0.05, 0) is 24.3 Å². The number of oxazole rings is 1. The third kappa shape index (κ3) is 2.42. The van der Waals surface area contributed by atoms with Gasteiger partial charge in [0.05, 0.1) is 4.90 Å². The maximum absolute atomic E-state index is 11.2. The quantitative estimate of drug-likeness (QED) is 0.773. The van der Waals surface area contributed by atoms with E-state index in [0.29, 0.717) is 11.8 Å². The summed E-state index contributed by atoms with van der Waals surface area (Å²) in [6, 6.07) is 6.10. The summed E-state index contributed by atoms with van der Waals surface area (Å²) in [5, 5.41) is 0. The molecule has 0 aliphatic rings. The zero-order chi connectivity index (χ0) is 12.5. The second kappa shape index (κ2) is 4.14. The molecular formula is C11H9NO4S. The predicted octanol–water partition coefficient (Wildman–Crippen LogP) is 1.56. The fourth-order valence-electron chi connectivity index (χ4n) is 1.32. The van der Waals surface area contributed by atoms with Crippen LogP contribution in [0.15, 0.2) is 39.8 Å². The summed E-state index contributed by atoms with van der Waals surface area (Å²) in [5.74, 6) is 0.284. The molecule has 1 aromatic carbocycles. The van der Waals surface area contributed by atoms with Crippen LogP contribution in [0.4, 0.5) is 0 Å². The average molecular weight is 251 g/mol. The normalized spacial score (nSPS) is 11.4. The predicted molar refractivity (Wildman–Crippen MR) is 60.4 cm³/mol. The molecule has 2 aromatic rings. The van der Waals surface area contributed by atoms with E-state index in [1.807, 2.05) is 0 Å². The van der Waals surface area contributed by atoms with Crippen LogP contribution in [0.2, 0.25) is 0 Å². The first-order chi connectivity index (χ1) is 8.00. The van der Waals surface area contributed by atoms with Gasteiger partial charge < -0.3 is 4.42 Å². The number of aromatic nitrogens is 1. The van der Waals surface area contributed by atoms with Crippen LogP contribution in [-0.4, -0.2) is 25.9 Å². The highest BCUT2D eigenvalue weighted by Gasteiger charge is 2.09. The molecule has 1 aromatic heterocycles. The Labute approximate surface area is 98.0 Å². The van der Waals surface area contributed by atoms with E-state index in [-0.39, 0.29) is 16.5 Å². The van der Waals surface area contributed by atoms with Crippen molar-refractivity contribution in [2.75, 3.05) is 6.26 Å². The summed E-state index contributed by atoms with van der Waals surface area (Å²) >= 11 is 0. The number of benzene rings is 1. The molecule has 0 aliphatic heterocycles. The Kier molecular flexibility index (Phi) is 2.81. The van der Waals surface area contributed by atoms with Gasteiger partial charge in [-0.25, -0.2) is 13.4 Å². The van der Waals surface area contributed by atoms with Gasteiger partial charge in [0.1, 0.15) is 12.0 Å². The van der Waals surface area contributed by atoms with Crippen LogP contribution in [-0.2, 0) is 9.84 Å². The van der Waals surface area contributed by atoms with E-state index in [1.54, 1.807) is 12.1 Å². The lowest BCUT2D eigenvalue weighted by atomic mass is 10.2. The number of aldehydes is 1. The number of carbonyl (C=O) groups is 1. The van der Waals surface area contributed by atoms with Gasteiger partial charge in [-0.2, -0.15) is 0 Å². The lowest BCUT2D eigenvalue weighted by Gasteiger charge is -1.99. The van der Waals surface area contributed by atoms with Crippen molar-refractivity contribution in [2.24, 2.45) is 0 Å². The molecule has 88 valence electrons. The van der Waals surface area contributed by atoms with Gasteiger partial charge in [-0.15, -0.1) is 0 Å². The van der Waals surface area contributed by atoms with Crippen LogP contribution in [0.3, 0.4) is 0 Å². The number of hydrogen-bond acceptors (Lipinski definition) is 5. The van der Waals surface area contributed by atoms with E-state index >= 15 is 0 Å². The molecule has 0 aliphatic carbocycles. The molecule has 2 rings (SSSR count). The Hall–Kier alpha value is -1.95. The molecule has 6 heteroatoms. The fraction of sp³-hybridized carbons (Fsp3) is 0.0909. The number of carbonyl (C=O) groups excluding carboxylic acids is 1. The molecule has 1 heterocycles. The summed E-state index contributed by atoms with van der Waals surface area (Å²) in [6.45, 7) is 0. The van der Waals surface area contributed by atoms with Gasteiger partial charge in [0.2, 0.25) is 5.89 Å². The lowest BCUT2D eigenvalue weighted by Crippen LogP contribution is -1.96. The number of nitrogens with zero attached hydrogens (tertiary/aromatic N) is 1. The standard InChI is InChI=1S/C11H9NO4S/c1-17(14,15)10-4-2-8(3-5-10)11-12-9(6-13)7-16-11/h2-7H,1H3. The monoisotopic (exact) mass is 251 g/mol. The number of rotatable bonds is 3. The number of hydrogen-bond donors (Lipinski definition) is 0. The molecule has 0 bridgehead atoms.